The van der Waals surface area contributed by atoms with Crippen LogP contribution in [-0.2, 0) is 4.79 Å². The van der Waals surface area contributed by atoms with Crippen LogP contribution < -0.4 is 5.32 Å². The molecule has 1 aromatic heterocycles. The van der Waals surface area contributed by atoms with Crippen LogP contribution in [0, 0.1) is 19.7 Å². The minimum Gasteiger partial charge on any atom is -0.349 e. The fourth-order valence-corrected chi connectivity index (χ4v) is 4.21. The first-order valence-corrected chi connectivity index (χ1v) is 11.1. The number of nitrogens with one attached hydrogen (secondary N) is 1. The summed E-state index contributed by atoms with van der Waals surface area (Å²) in [6.45, 7) is 6.13. The highest BCUT2D eigenvalue weighted by molar-refractivity contribution is 7.99. The molecule has 1 heterocycles. The van der Waals surface area contributed by atoms with E-state index in [1.807, 2.05) is 17.6 Å². The second kappa shape index (κ2) is 8.60. The van der Waals surface area contributed by atoms with Gasteiger partial charge in [0.2, 0.25) is 5.91 Å². The number of hydrogen-bond acceptors (Lipinski definition) is 4. The lowest BCUT2D eigenvalue weighted by atomic mass is 10.0. The van der Waals surface area contributed by atoms with E-state index in [0.29, 0.717) is 16.5 Å². The Hall–Kier alpha value is -2.67. The molecule has 1 aliphatic rings. The van der Waals surface area contributed by atoms with Crippen LogP contribution in [0.4, 0.5) is 4.39 Å². The van der Waals surface area contributed by atoms with E-state index in [0.717, 1.165) is 18.4 Å². The number of nitrogens with zero attached hydrogens (tertiary/aromatic N) is 3. The Morgan fingerprint density at radius 1 is 1.20 bits per heavy atom. The summed E-state index contributed by atoms with van der Waals surface area (Å²) in [5.74, 6) is 0.381. The molecule has 2 aromatic carbocycles. The maximum absolute atomic E-state index is 14.3. The zero-order valence-corrected chi connectivity index (χ0v) is 18.2. The van der Waals surface area contributed by atoms with Crippen LogP contribution in [0.2, 0.25) is 0 Å². The van der Waals surface area contributed by atoms with Gasteiger partial charge >= 0.3 is 0 Å². The molecular formula is C23H25FN4OS. The summed E-state index contributed by atoms with van der Waals surface area (Å²) in [5, 5.41) is 12.2. The van der Waals surface area contributed by atoms with Crippen molar-refractivity contribution in [2.45, 2.75) is 50.9 Å². The SMILES string of the molecule is Cc1ccc([C@@H](C)NC(=O)CSc2nnc(-c3ccccc3F)n2C2CC2)cc1C. The number of aromatic nitrogens is 3. The molecule has 1 atom stereocenters. The van der Waals surface area contributed by atoms with Crippen molar-refractivity contribution in [3.05, 3.63) is 65.0 Å². The van der Waals surface area contributed by atoms with E-state index >= 15 is 0 Å². The van der Waals surface area contributed by atoms with Crippen LogP contribution in [0.3, 0.4) is 0 Å². The van der Waals surface area contributed by atoms with Crippen molar-refractivity contribution >= 4 is 17.7 Å². The molecular weight excluding hydrogens is 399 g/mol. The van der Waals surface area contributed by atoms with Crippen molar-refractivity contribution in [1.29, 1.82) is 0 Å². The molecule has 0 spiro atoms. The van der Waals surface area contributed by atoms with Crippen LogP contribution in [0.15, 0.2) is 47.6 Å². The lowest BCUT2D eigenvalue weighted by molar-refractivity contribution is -0.119. The molecule has 1 aliphatic carbocycles. The normalized spacial score (nSPS) is 14.5. The Balaban J connectivity index is 1.44. The van der Waals surface area contributed by atoms with Crippen molar-refractivity contribution in [1.82, 2.24) is 20.1 Å². The first-order chi connectivity index (χ1) is 14.4. The zero-order valence-electron chi connectivity index (χ0n) is 17.4. The quantitative estimate of drug-likeness (QED) is 0.542. The lowest BCUT2D eigenvalue weighted by Gasteiger charge is -2.16. The van der Waals surface area contributed by atoms with E-state index < -0.39 is 0 Å². The Bertz CT molecular complexity index is 1080. The molecule has 1 saturated carbocycles. The van der Waals surface area contributed by atoms with Gasteiger partial charge in [0.05, 0.1) is 17.4 Å². The summed E-state index contributed by atoms with van der Waals surface area (Å²) in [6.07, 6.45) is 2.03. The number of carbonyl (C=O) groups is 1. The molecule has 0 radical (unpaired) electrons. The fourth-order valence-electron chi connectivity index (χ4n) is 3.39. The summed E-state index contributed by atoms with van der Waals surface area (Å²) in [6, 6.07) is 13.0. The van der Waals surface area contributed by atoms with Crippen molar-refractivity contribution in [2.24, 2.45) is 0 Å². The molecule has 1 amide bonds. The number of rotatable bonds is 7. The number of hydrogen-bond donors (Lipinski definition) is 1. The molecule has 0 unspecified atom stereocenters. The molecule has 1 N–H and O–H groups in total. The number of thioether (sulfide) groups is 1. The van der Waals surface area contributed by atoms with Gasteiger partial charge in [-0.1, -0.05) is 42.1 Å². The van der Waals surface area contributed by atoms with E-state index in [1.54, 1.807) is 18.2 Å². The van der Waals surface area contributed by atoms with E-state index in [9.17, 15) is 9.18 Å². The summed E-state index contributed by atoms with van der Waals surface area (Å²) < 4.78 is 16.2. The van der Waals surface area contributed by atoms with Gasteiger partial charge in [-0.2, -0.15) is 0 Å². The predicted molar refractivity (Wildman–Crippen MR) is 117 cm³/mol. The molecule has 0 bridgehead atoms. The number of aryl methyl sites for hydroxylation is 2. The molecule has 7 heteroatoms. The van der Waals surface area contributed by atoms with Crippen LogP contribution in [0.25, 0.3) is 11.4 Å². The Morgan fingerprint density at radius 2 is 1.97 bits per heavy atom. The Labute approximate surface area is 180 Å². The average Bonchev–Trinajstić information content (AvgIpc) is 3.48. The van der Waals surface area contributed by atoms with Crippen LogP contribution >= 0.6 is 11.8 Å². The standard InChI is InChI=1S/C23H25FN4OS/c1-14-8-9-17(12-15(14)2)16(3)25-21(29)13-30-23-27-26-22(28(23)18-10-11-18)19-6-4-5-7-20(19)24/h4-9,12,16,18H,10-11,13H2,1-3H3,(H,25,29)/t16-/m1/s1. The van der Waals surface area contributed by atoms with E-state index in [-0.39, 0.29) is 29.6 Å². The summed E-state index contributed by atoms with van der Waals surface area (Å²) in [4.78, 5) is 12.5. The smallest absolute Gasteiger partial charge is 0.230 e. The zero-order chi connectivity index (χ0) is 21.3. The molecule has 156 valence electrons. The monoisotopic (exact) mass is 424 g/mol. The third-order valence-electron chi connectivity index (χ3n) is 5.43. The van der Waals surface area contributed by atoms with Crippen LogP contribution in [0.1, 0.15) is 48.5 Å². The van der Waals surface area contributed by atoms with Gasteiger partial charge in [-0.15, -0.1) is 10.2 Å². The average molecular weight is 425 g/mol. The number of carbonyl (C=O) groups excluding carboxylic acids is 1. The van der Waals surface area contributed by atoms with Crippen molar-refractivity contribution in [3.8, 4) is 11.4 Å². The van der Waals surface area contributed by atoms with Gasteiger partial charge in [0.1, 0.15) is 5.82 Å². The topological polar surface area (TPSA) is 59.8 Å². The summed E-state index contributed by atoms with van der Waals surface area (Å²) >= 11 is 1.34. The molecule has 1 fully saturated rings. The lowest BCUT2D eigenvalue weighted by Crippen LogP contribution is -2.28. The number of halogens is 1. The molecule has 4 rings (SSSR count). The van der Waals surface area contributed by atoms with E-state index in [2.05, 4.69) is 41.5 Å². The maximum Gasteiger partial charge on any atom is 0.230 e. The van der Waals surface area contributed by atoms with Gasteiger partial charge in [-0.25, -0.2) is 4.39 Å². The highest BCUT2D eigenvalue weighted by Gasteiger charge is 2.31. The van der Waals surface area contributed by atoms with Gasteiger partial charge in [0, 0.05) is 6.04 Å². The van der Waals surface area contributed by atoms with Crippen molar-refractivity contribution in [3.63, 3.8) is 0 Å². The Kier molecular flexibility index (Phi) is 5.90. The van der Waals surface area contributed by atoms with Gasteiger partial charge in [0.25, 0.3) is 0 Å². The molecule has 0 aliphatic heterocycles. The van der Waals surface area contributed by atoms with Gasteiger partial charge in [0.15, 0.2) is 11.0 Å². The third kappa shape index (κ3) is 4.41. The number of amides is 1. The molecule has 0 saturated heterocycles. The first kappa shape index (κ1) is 20.6. The van der Waals surface area contributed by atoms with Crippen molar-refractivity contribution in [2.75, 3.05) is 5.75 Å². The number of benzene rings is 2. The molecule has 3 aromatic rings. The maximum atomic E-state index is 14.3. The van der Waals surface area contributed by atoms with E-state index in [1.165, 1.54) is 29.0 Å². The van der Waals surface area contributed by atoms with E-state index in [4.69, 9.17) is 0 Å². The van der Waals surface area contributed by atoms with Gasteiger partial charge < -0.3 is 5.32 Å². The van der Waals surface area contributed by atoms with Gasteiger partial charge in [-0.3, -0.25) is 9.36 Å². The highest BCUT2D eigenvalue weighted by Crippen LogP contribution is 2.41. The summed E-state index contributed by atoms with van der Waals surface area (Å²) in [7, 11) is 0. The predicted octanol–water partition coefficient (Wildman–Crippen LogP) is 5.01. The second-order valence-corrected chi connectivity index (χ2v) is 8.75. The van der Waals surface area contributed by atoms with Gasteiger partial charge in [-0.05, 0) is 62.4 Å². The largest absolute Gasteiger partial charge is 0.349 e. The summed E-state index contributed by atoms with van der Waals surface area (Å²) in [5.41, 5.74) is 3.97. The second-order valence-electron chi connectivity index (χ2n) is 7.81. The minimum atomic E-state index is -0.316. The molecule has 30 heavy (non-hydrogen) atoms. The highest BCUT2D eigenvalue weighted by atomic mass is 32.2. The minimum absolute atomic E-state index is 0.0662. The van der Waals surface area contributed by atoms with Crippen LogP contribution in [-0.4, -0.2) is 26.4 Å². The molecule has 5 nitrogen and oxygen atoms in total. The first-order valence-electron chi connectivity index (χ1n) is 10.1. The third-order valence-corrected chi connectivity index (χ3v) is 6.38. The Morgan fingerprint density at radius 3 is 2.67 bits per heavy atom. The van der Waals surface area contributed by atoms with Crippen molar-refractivity contribution < 1.29 is 9.18 Å². The fraction of sp³-hybridized carbons (Fsp3) is 0.348. The van der Waals surface area contributed by atoms with Crippen LogP contribution in [0.5, 0.6) is 0 Å².